The van der Waals surface area contributed by atoms with Gasteiger partial charge in [0, 0.05) is 22.5 Å². The van der Waals surface area contributed by atoms with Gasteiger partial charge in [0.1, 0.15) is 0 Å². The van der Waals surface area contributed by atoms with Crippen LogP contribution in [0.5, 0.6) is 0 Å². The van der Waals surface area contributed by atoms with Crippen LogP contribution in [0, 0.1) is 0 Å². The molecule has 158 valence electrons. The van der Waals surface area contributed by atoms with Crippen LogP contribution >= 0.6 is 57.6 Å². The molecule has 4 rings (SSSR count). The van der Waals surface area contributed by atoms with Crippen molar-refractivity contribution in [3.63, 3.8) is 0 Å². The van der Waals surface area contributed by atoms with Gasteiger partial charge in [0.25, 0.3) is 0 Å². The number of amides is 1. The van der Waals surface area contributed by atoms with Gasteiger partial charge in [-0.2, -0.15) is 0 Å². The van der Waals surface area contributed by atoms with E-state index < -0.39 is 0 Å². The number of aromatic nitrogens is 4. The number of allylic oxidation sites excluding steroid dienone is 1. The van der Waals surface area contributed by atoms with Crippen LogP contribution in [-0.4, -0.2) is 31.4 Å². The maximum absolute atomic E-state index is 12.5. The minimum Gasteiger partial charge on any atom is -0.301 e. The number of carbonyl (C=O) groups excluding carboxylic acids is 1. The molecule has 1 N–H and O–H groups in total. The summed E-state index contributed by atoms with van der Waals surface area (Å²) in [6, 6.07) is 9.17. The largest absolute Gasteiger partial charge is 0.301 e. The number of thiazole rings is 1. The maximum Gasteiger partial charge on any atom is 0.236 e. The molecular formula is C20H15Cl2N5OS3. The van der Waals surface area contributed by atoms with Crippen LogP contribution in [0.2, 0.25) is 10.0 Å². The molecule has 0 saturated carbocycles. The first-order valence-electron chi connectivity index (χ1n) is 8.96. The van der Waals surface area contributed by atoms with E-state index in [-0.39, 0.29) is 11.7 Å². The van der Waals surface area contributed by atoms with Crippen LogP contribution in [0.4, 0.5) is 5.13 Å². The number of thioether (sulfide) groups is 1. The summed E-state index contributed by atoms with van der Waals surface area (Å²) in [7, 11) is 0. The van der Waals surface area contributed by atoms with Gasteiger partial charge in [0.05, 0.1) is 21.3 Å². The minimum atomic E-state index is -0.182. The van der Waals surface area contributed by atoms with Crippen molar-refractivity contribution in [3.8, 4) is 22.0 Å². The van der Waals surface area contributed by atoms with E-state index in [1.807, 2.05) is 27.5 Å². The predicted octanol–water partition coefficient (Wildman–Crippen LogP) is 6.35. The highest BCUT2D eigenvalue weighted by atomic mass is 35.5. The van der Waals surface area contributed by atoms with Gasteiger partial charge in [-0.25, -0.2) is 4.98 Å². The van der Waals surface area contributed by atoms with Gasteiger partial charge < -0.3 is 5.32 Å². The number of benzene rings is 1. The highest BCUT2D eigenvalue weighted by molar-refractivity contribution is 7.99. The van der Waals surface area contributed by atoms with E-state index in [2.05, 4.69) is 27.1 Å². The van der Waals surface area contributed by atoms with E-state index in [9.17, 15) is 4.79 Å². The van der Waals surface area contributed by atoms with Crippen molar-refractivity contribution in [2.24, 2.45) is 0 Å². The number of anilines is 1. The predicted molar refractivity (Wildman–Crippen MR) is 130 cm³/mol. The van der Waals surface area contributed by atoms with Gasteiger partial charge in [-0.15, -0.1) is 39.4 Å². The summed E-state index contributed by atoms with van der Waals surface area (Å²) in [6.07, 6.45) is 1.78. The van der Waals surface area contributed by atoms with Crippen molar-refractivity contribution in [1.82, 2.24) is 19.7 Å². The Balaban J connectivity index is 1.41. The fraction of sp³-hybridized carbons (Fsp3) is 0.100. The second kappa shape index (κ2) is 9.97. The van der Waals surface area contributed by atoms with E-state index in [0.29, 0.717) is 32.6 Å². The number of nitrogens with one attached hydrogen (secondary N) is 1. The molecule has 0 aliphatic heterocycles. The number of nitrogens with zero attached hydrogens (tertiary/aromatic N) is 4. The van der Waals surface area contributed by atoms with Crippen molar-refractivity contribution in [2.75, 3.05) is 11.1 Å². The molecule has 0 fully saturated rings. The van der Waals surface area contributed by atoms with Gasteiger partial charge in [-0.05, 0) is 29.6 Å². The summed E-state index contributed by atoms with van der Waals surface area (Å²) < 4.78 is 1.95. The molecule has 6 nitrogen and oxygen atoms in total. The normalized spacial score (nSPS) is 10.9. The Kier molecular flexibility index (Phi) is 7.09. The average molecular weight is 508 g/mol. The molecule has 1 amide bonds. The smallest absolute Gasteiger partial charge is 0.236 e. The quantitative estimate of drug-likeness (QED) is 0.222. The zero-order chi connectivity index (χ0) is 21.8. The number of thiophene rings is 1. The number of hydrogen-bond acceptors (Lipinski definition) is 7. The second-order valence-corrected chi connectivity index (χ2v) is 9.77. The van der Waals surface area contributed by atoms with Gasteiger partial charge in [-0.3, -0.25) is 9.36 Å². The molecule has 0 radical (unpaired) electrons. The third kappa shape index (κ3) is 5.19. The molecule has 0 saturated heterocycles. The SMILES string of the molecule is C=CCn1c(SCC(=O)Nc2nc(-c3ccc(Cl)cc3Cl)cs2)nnc1-c1cccs1. The molecule has 3 heterocycles. The number of carbonyl (C=O) groups is 1. The summed E-state index contributed by atoms with van der Waals surface area (Å²) >= 11 is 16.4. The molecule has 3 aromatic heterocycles. The molecule has 4 aromatic rings. The number of hydrogen-bond donors (Lipinski definition) is 1. The van der Waals surface area contributed by atoms with Crippen LogP contribution < -0.4 is 5.32 Å². The number of halogens is 2. The van der Waals surface area contributed by atoms with E-state index in [1.165, 1.54) is 23.1 Å². The summed E-state index contributed by atoms with van der Waals surface area (Å²) in [5.74, 6) is 0.761. The summed E-state index contributed by atoms with van der Waals surface area (Å²) in [6.45, 7) is 4.36. The van der Waals surface area contributed by atoms with E-state index in [0.717, 1.165) is 16.3 Å². The first-order chi connectivity index (χ1) is 15.0. The Hall–Kier alpha value is -2.17. The average Bonchev–Trinajstić information content (AvgIpc) is 3.48. The zero-order valence-electron chi connectivity index (χ0n) is 15.9. The molecule has 11 heteroatoms. The van der Waals surface area contributed by atoms with Gasteiger partial charge in [0.15, 0.2) is 16.1 Å². The molecular weight excluding hydrogens is 493 g/mol. The molecule has 0 aliphatic rings. The Morgan fingerprint density at radius 2 is 2.13 bits per heavy atom. The van der Waals surface area contributed by atoms with Crippen molar-refractivity contribution in [2.45, 2.75) is 11.7 Å². The molecule has 0 unspecified atom stereocenters. The van der Waals surface area contributed by atoms with E-state index in [1.54, 1.807) is 35.6 Å². The molecule has 0 bridgehead atoms. The summed E-state index contributed by atoms with van der Waals surface area (Å²) in [5, 5.41) is 17.4. The fourth-order valence-corrected chi connectivity index (χ4v) is 5.41. The first kappa shape index (κ1) is 22.0. The van der Waals surface area contributed by atoms with Crippen LogP contribution in [0.25, 0.3) is 22.0 Å². The summed E-state index contributed by atoms with van der Waals surface area (Å²) in [4.78, 5) is 17.9. The van der Waals surface area contributed by atoms with E-state index in [4.69, 9.17) is 23.2 Å². The third-order valence-electron chi connectivity index (χ3n) is 4.06. The van der Waals surface area contributed by atoms with Crippen molar-refractivity contribution in [3.05, 3.63) is 63.8 Å². The van der Waals surface area contributed by atoms with Crippen LogP contribution in [-0.2, 0) is 11.3 Å². The van der Waals surface area contributed by atoms with Crippen LogP contribution in [0.1, 0.15) is 0 Å². The first-order valence-corrected chi connectivity index (χ1v) is 12.5. The van der Waals surface area contributed by atoms with Crippen LogP contribution in [0.15, 0.2) is 58.9 Å². The Morgan fingerprint density at radius 3 is 2.87 bits per heavy atom. The van der Waals surface area contributed by atoms with Crippen molar-refractivity contribution in [1.29, 1.82) is 0 Å². The molecule has 0 atom stereocenters. The van der Waals surface area contributed by atoms with E-state index >= 15 is 0 Å². The Morgan fingerprint density at radius 1 is 1.26 bits per heavy atom. The molecule has 0 spiro atoms. The van der Waals surface area contributed by atoms with Crippen LogP contribution in [0.3, 0.4) is 0 Å². The maximum atomic E-state index is 12.5. The lowest BCUT2D eigenvalue weighted by Gasteiger charge is -2.06. The lowest BCUT2D eigenvalue weighted by atomic mass is 10.2. The summed E-state index contributed by atoms with van der Waals surface area (Å²) in [5.41, 5.74) is 1.44. The lowest BCUT2D eigenvalue weighted by molar-refractivity contribution is -0.113. The van der Waals surface area contributed by atoms with Gasteiger partial charge in [0.2, 0.25) is 5.91 Å². The van der Waals surface area contributed by atoms with Gasteiger partial charge >= 0.3 is 0 Å². The molecule has 1 aromatic carbocycles. The Bertz CT molecular complexity index is 1220. The number of rotatable bonds is 8. The highest BCUT2D eigenvalue weighted by Crippen LogP contribution is 2.32. The second-order valence-electron chi connectivity index (χ2n) is 6.18. The minimum absolute atomic E-state index is 0.177. The van der Waals surface area contributed by atoms with Crippen molar-refractivity contribution < 1.29 is 4.79 Å². The van der Waals surface area contributed by atoms with Gasteiger partial charge in [-0.1, -0.05) is 47.1 Å². The lowest BCUT2D eigenvalue weighted by Crippen LogP contribution is -2.14. The standard InChI is InChI=1S/C20H15Cl2N5OS3/c1-2-7-27-18(16-4-3-8-29-16)25-26-20(27)31-11-17(28)24-19-23-15(10-30-19)13-6-5-12(21)9-14(13)22/h2-6,8-10H,1,7,11H2,(H,23,24,28). The third-order valence-corrected chi connectivity index (χ3v) is 7.20. The highest BCUT2D eigenvalue weighted by Gasteiger charge is 2.16. The molecule has 31 heavy (non-hydrogen) atoms. The molecule has 0 aliphatic carbocycles. The van der Waals surface area contributed by atoms with Crippen molar-refractivity contribution >= 4 is 68.7 Å². The zero-order valence-corrected chi connectivity index (χ0v) is 19.9. The Labute approximate surface area is 201 Å². The monoisotopic (exact) mass is 507 g/mol. The fourth-order valence-electron chi connectivity index (χ4n) is 2.71. The topological polar surface area (TPSA) is 72.7 Å².